The number of rotatable bonds is 3. The van der Waals surface area contributed by atoms with E-state index in [1.54, 1.807) is 0 Å². The van der Waals surface area contributed by atoms with Crippen molar-refractivity contribution in [2.75, 3.05) is 24.6 Å². The summed E-state index contributed by atoms with van der Waals surface area (Å²) in [5, 5.41) is 2.54. The zero-order valence-corrected chi connectivity index (χ0v) is 7.43. The molecule has 6 heteroatoms. The summed E-state index contributed by atoms with van der Waals surface area (Å²) in [6.07, 6.45) is 0. The van der Waals surface area contributed by atoms with Gasteiger partial charge in [-0.05, 0) is 0 Å². The molecular weight excluding hydrogens is 180 g/mol. The van der Waals surface area contributed by atoms with Crippen molar-refractivity contribution < 1.29 is 13.2 Å². The first-order chi connectivity index (χ1) is 5.55. The van der Waals surface area contributed by atoms with Crippen molar-refractivity contribution in [3.05, 3.63) is 0 Å². The van der Waals surface area contributed by atoms with Crippen LogP contribution in [0.4, 0.5) is 0 Å². The highest BCUT2D eigenvalue weighted by Crippen LogP contribution is 2.17. The number of hydrogen-bond acceptors (Lipinski definition) is 4. The van der Waals surface area contributed by atoms with E-state index >= 15 is 0 Å². The normalized spacial score (nSPS) is 21.4. The third-order valence-corrected chi connectivity index (χ3v) is 3.55. The Balaban J connectivity index is 2.29. The zero-order chi connectivity index (χ0) is 9.19. The van der Waals surface area contributed by atoms with E-state index < -0.39 is 9.84 Å². The Morgan fingerprint density at radius 3 is 2.50 bits per heavy atom. The highest BCUT2D eigenvalue weighted by molar-refractivity contribution is 7.92. The SMILES string of the molecule is NCCNC(=O)C1CS(=O)(=O)C1. The Kier molecular flexibility index (Phi) is 2.69. The lowest BCUT2D eigenvalue weighted by Crippen LogP contribution is -2.47. The molecule has 0 spiro atoms. The van der Waals surface area contributed by atoms with E-state index in [4.69, 9.17) is 5.73 Å². The molecule has 1 fully saturated rings. The largest absolute Gasteiger partial charge is 0.355 e. The van der Waals surface area contributed by atoms with Gasteiger partial charge in [0.05, 0.1) is 17.4 Å². The molecule has 1 aliphatic rings. The van der Waals surface area contributed by atoms with E-state index in [1.165, 1.54) is 0 Å². The van der Waals surface area contributed by atoms with Crippen LogP contribution in [-0.4, -0.2) is 38.9 Å². The predicted octanol–water partition coefficient (Wildman–Crippen LogP) is -1.89. The van der Waals surface area contributed by atoms with Gasteiger partial charge in [0.1, 0.15) is 0 Å². The van der Waals surface area contributed by atoms with Crippen LogP contribution >= 0.6 is 0 Å². The fourth-order valence-corrected chi connectivity index (χ4v) is 2.49. The molecule has 0 radical (unpaired) electrons. The maximum absolute atomic E-state index is 11.0. The Morgan fingerprint density at radius 2 is 2.08 bits per heavy atom. The van der Waals surface area contributed by atoms with Gasteiger partial charge in [-0.25, -0.2) is 8.42 Å². The Bertz CT molecular complexity index is 261. The van der Waals surface area contributed by atoms with E-state index in [9.17, 15) is 13.2 Å². The maximum atomic E-state index is 11.0. The van der Waals surface area contributed by atoms with E-state index in [1.807, 2.05) is 0 Å². The lowest BCUT2D eigenvalue weighted by atomic mass is 10.2. The lowest BCUT2D eigenvalue weighted by molar-refractivity contribution is -0.124. The molecule has 70 valence electrons. The Labute approximate surface area is 71.2 Å². The molecule has 1 heterocycles. The molecule has 1 amide bonds. The predicted molar refractivity (Wildman–Crippen MR) is 44.2 cm³/mol. The van der Waals surface area contributed by atoms with Gasteiger partial charge in [0.25, 0.3) is 0 Å². The average molecular weight is 192 g/mol. The number of carbonyl (C=O) groups is 1. The van der Waals surface area contributed by atoms with Crippen molar-refractivity contribution in [3.63, 3.8) is 0 Å². The van der Waals surface area contributed by atoms with Crippen molar-refractivity contribution in [1.82, 2.24) is 5.32 Å². The van der Waals surface area contributed by atoms with Gasteiger partial charge in [-0.1, -0.05) is 0 Å². The minimum atomic E-state index is -2.89. The summed E-state index contributed by atoms with van der Waals surface area (Å²) in [5.74, 6) is -0.566. The third-order valence-electron chi connectivity index (χ3n) is 1.72. The minimum absolute atomic E-state index is 0.0105. The second-order valence-corrected chi connectivity index (χ2v) is 5.01. The van der Waals surface area contributed by atoms with Gasteiger partial charge in [0.2, 0.25) is 5.91 Å². The van der Waals surface area contributed by atoms with Crippen LogP contribution in [0.2, 0.25) is 0 Å². The summed E-state index contributed by atoms with van der Waals surface area (Å²) in [4.78, 5) is 11.0. The van der Waals surface area contributed by atoms with Crippen LogP contribution in [0.15, 0.2) is 0 Å². The summed E-state index contributed by atoms with van der Waals surface area (Å²) < 4.78 is 21.3. The van der Waals surface area contributed by atoms with Crippen LogP contribution in [0.3, 0.4) is 0 Å². The quantitative estimate of drug-likeness (QED) is 0.547. The molecule has 12 heavy (non-hydrogen) atoms. The molecule has 0 saturated carbocycles. The Hall–Kier alpha value is -0.620. The molecule has 1 aliphatic heterocycles. The van der Waals surface area contributed by atoms with E-state index in [2.05, 4.69) is 5.32 Å². The van der Waals surface area contributed by atoms with Gasteiger partial charge >= 0.3 is 0 Å². The first kappa shape index (κ1) is 9.47. The number of nitrogens with two attached hydrogens (primary N) is 1. The summed E-state index contributed by atoms with van der Waals surface area (Å²) >= 11 is 0. The van der Waals surface area contributed by atoms with E-state index in [0.717, 1.165) is 0 Å². The summed E-state index contributed by atoms with van der Waals surface area (Å²) in [7, 11) is -2.89. The summed E-state index contributed by atoms with van der Waals surface area (Å²) in [6.45, 7) is 0.792. The van der Waals surface area contributed by atoms with Crippen molar-refractivity contribution in [1.29, 1.82) is 0 Å². The standard InChI is InChI=1S/C6H12N2O3S/c7-1-2-8-6(9)5-3-12(10,11)4-5/h5H,1-4,7H2,(H,8,9). The molecule has 0 bridgehead atoms. The first-order valence-electron chi connectivity index (χ1n) is 3.73. The highest BCUT2D eigenvalue weighted by Gasteiger charge is 2.38. The minimum Gasteiger partial charge on any atom is -0.355 e. The van der Waals surface area contributed by atoms with Crippen molar-refractivity contribution >= 4 is 15.7 Å². The first-order valence-corrected chi connectivity index (χ1v) is 5.55. The average Bonchev–Trinajstić information content (AvgIpc) is 1.95. The van der Waals surface area contributed by atoms with Gasteiger partial charge in [-0.2, -0.15) is 0 Å². The Morgan fingerprint density at radius 1 is 1.50 bits per heavy atom. The van der Waals surface area contributed by atoms with Crippen LogP contribution in [-0.2, 0) is 14.6 Å². The van der Waals surface area contributed by atoms with Gasteiger partial charge in [-0.3, -0.25) is 4.79 Å². The van der Waals surface area contributed by atoms with Gasteiger partial charge in [-0.15, -0.1) is 0 Å². The maximum Gasteiger partial charge on any atom is 0.225 e. The monoisotopic (exact) mass is 192 g/mol. The molecule has 0 unspecified atom stereocenters. The van der Waals surface area contributed by atoms with E-state index in [0.29, 0.717) is 13.1 Å². The van der Waals surface area contributed by atoms with Crippen molar-refractivity contribution in [2.45, 2.75) is 0 Å². The zero-order valence-electron chi connectivity index (χ0n) is 6.62. The molecule has 0 aliphatic carbocycles. The van der Waals surface area contributed by atoms with Crippen LogP contribution in [0.25, 0.3) is 0 Å². The summed E-state index contributed by atoms with van der Waals surface area (Å²) in [6, 6.07) is 0. The number of sulfone groups is 1. The van der Waals surface area contributed by atoms with Gasteiger partial charge in [0, 0.05) is 13.1 Å². The lowest BCUT2D eigenvalue weighted by Gasteiger charge is -2.24. The molecule has 0 aromatic rings. The fourth-order valence-electron chi connectivity index (χ4n) is 1.06. The molecule has 0 aromatic heterocycles. The summed E-state index contributed by atoms with van der Waals surface area (Å²) in [5.41, 5.74) is 5.16. The molecule has 0 atom stereocenters. The van der Waals surface area contributed by atoms with Crippen LogP contribution in [0.5, 0.6) is 0 Å². The highest BCUT2D eigenvalue weighted by atomic mass is 32.2. The van der Waals surface area contributed by atoms with Gasteiger partial charge < -0.3 is 11.1 Å². The second-order valence-electron chi connectivity index (χ2n) is 2.85. The third kappa shape index (κ3) is 2.18. The van der Waals surface area contributed by atoms with Crippen LogP contribution in [0, 0.1) is 5.92 Å². The molecule has 0 aromatic carbocycles. The number of carbonyl (C=O) groups excluding carboxylic acids is 1. The van der Waals surface area contributed by atoms with Crippen molar-refractivity contribution in [3.8, 4) is 0 Å². The van der Waals surface area contributed by atoms with Crippen LogP contribution < -0.4 is 11.1 Å². The number of hydrogen-bond donors (Lipinski definition) is 2. The van der Waals surface area contributed by atoms with Crippen molar-refractivity contribution in [2.24, 2.45) is 11.7 Å². The molecule has 5 nitrogen and oxygen atoms in total. The smallest absolute Gasteiger partial charge is 0.225 e. The van der Waals surface area contributed by atoms with E-state index in [-0.39, 0.29) is 23.3 Å². The van der Waals surface area contributed by atoms with Gasteiger partial charge in [0.15, 0.2) is 9.84 Å². The molecule has 1 rings (SSSR count). The molecule has 1 saturated heterocycles. The number of amides is 1. The van der Waals surface area contributed by atoms with Crippen LogP contribution in [0.1, 0.15) is 0 Å². The molecular formula is C6H12N2O3S. The molecule has 3 N–H and O–H groups in total. The number of nitrogens with one attached hydrogen (secondary N) is 1. The fraction of sp³-hybridized carbons (Fsp3) is 0.833. The topological polar surface area (TPSA) is 89.3 Å². The second kappa shape index (κ2) is 3.40.